The van der Waals surface area contributed by atoms with Crippen molar-refractivity contribution in [2.45, 2.75) is 0 Å². The molecule has 3 nitrogen and oxygen atoms in total. The van der Waals surface area contributed by atoms with Gasteiger partial charge in [-0.3, -0.25) is 0 Å². The Morgan fingerprint density at radius 2 is 0.679 bits per heavy atom. The minimum Gasteiger partial charge on any atom is -0.311 e. The van der Waals surface area contributed by atoms with Crippen LogP contribution in [0.5, 0.6) is 0 Å². The summed E-state index contributed by atoms with van der Waals surface area (Å²) < 4.78 is 4.92. The van der Waals surface area contributed by atoms with E-state index in [4.69, 9.17) is 0 Å². The Morgan fingerprint density at radius 3 is 1.29 bits per heavy atom. The summed E-state index contributed by atoms with van der Waals surface area (Å²) in [4.78, 5) is 2.42. The molecule has 0 radical (unpaired) electrons. The first-order valence-corrected chi connectivity index (χ1v) is 31.0. The highest BCUT2D eigenvalue weighted by atomic mass is 28.3. The fraction of sp³-hybridized carbons (Fsp3) is 0. The average molecular weight is 1090 g/mol. The van der Waals surface area contributed by atoms with Gasteiger partial charge < -0.3 is 13.9 Å². The van der Waals surface area contributed by atoms with Crippen LogP contribution in [0.3, 0.4) is 0 Å². The summed E-state index contributed by atoms with van der Waals surface area (Å²) in [6, 6.07) is 123. The van der Waals surface area contributed by atoms with E-state index in [1.165, 1.54) is 103 Å². The van der Waals surface area contributed by atoms with Gasteiger partial charge in [0.1, 0.15) is 0 Å². The van der Waals surface area contributed by atoms with Gasteiger partial charge in [0.15, 0.2) is 8.07 Å². The number of rotatable bonds is 11. The zero-order valence-corrected chi connectivity index (χ0v) is 47.1. The van der Waals surface area contributed by atoms with Crippen molar-refractivity contribution >= 4 is 106 Å². The Hall–Kier alpha value is -10.8. The van der Waals surface area contributed by atoms with E-state index in [1.54, 1.807) is 0 Å². The molecule has 0 aliphatic heterocycles. The highest BCUT2D eigenvalue weighted by Gasteiger charge is 2.41. The molecule has 394 valence electrons. The SMILES string of the molecule is c1ccc(-c2c3ccccc3n3c4c(-c5ccc(N(c6ccc(-c7ccc8c(c7)c7ccccc7n8-c7ccccc7)cc6)c6ccc([Si](c7ccccc7)(c7ccccc7)c7ccccc7)cc6)cc5)cccc4c4ccccc4c23)cc1. The molecule has 16 aromatic rings. The van der Waals surface area contributed by atoms with Crippen molar-refractivity contribution in [1.29, 1.82) is 0 Å². The molecule has 0 saturated carbocycles. The summed E-state index contributed by atoms with van der Waals surface area (Å²) in [6.45, 7) is 0. The van der Waals surface area contributed by atoms with E-state index in [0.29, 0.717) is 0 Å². The standard InChI is InChI=1S/C80H55N3Si/c1-6-23-58(24-7-1)78-73-36-19-21-40-76(73)83-79-68(37-22-38-71(79)69-33-16-17-35-72(69)80(78)83)57-43-48-62(49-44-57)81(63-50-52-67(53-51-63)84(64-27-10-3-11-28-64,65-29-12-4-13-30-65)66-31-14-5-15-32-66)61-46-41-56(42-47-61)59-45-54-77-74(55-59)70-34-18-20-39-75(70)82(77)60-25-8-2-9-26-60/h1-55H. The monoisotopic (exact) mass is 1090 g/mol. The van der Waals surface area contributed by atoms with Crippen LogP contribution in [-0.4, -0.2) is 17.0 Å². The summed E-state index contributed by atoms with van der Waals surface area (Å²) in [5.74, 6) is 0. The number of para-hydroxylation sites is 4. The smallest absolute Gasteiger partial charge is 0.179 e. The molecule has 0 aliphatic carbocycles. The number of hydrogen-bond donors (Lipinski definition) is 0. The van der Waals surface area contributed by atoms with Gasteiger partial charge in [0.25, 0.3) is 0 Å². The average Bonchev–Trinajstić information content (AvgIpc) is 1.85. The number of nitrogens with zero attached hydrogens (tertiary/aromatic N) is 3. The topological polar surface area (TPSA) is 12.6 Å². The Kier molecular flexibility index (Phi) is 11.9. The lowest BCUT2D eigenvalue weighted by Crippen LogP contribution is -2.74. The van der Waals surface area contributed by atoms with Crippen molar-refractivity contribution in [3.63, 3.8) is 0 Å². The van der Waals surface area contributed by atoms with Crippen LogP contribution in [0, 0.1) is 0 Å². The van der Waals surface area contributed by atoms with E-state index >= 15 is 0 Å². The van der Waals surface area contributed by atoms with Crippen LogP contribution < -0.4 is 25.6 Å². The highest BCUT2D eigenvalue weighted by molar-refractivity contribution is 7.19. The van der Waals surface area contributed by atoms with E-state index in [0.717, 1.165) is 33.9 Å². The molecular weight excluding hydrogens is 1030 g/mol. The van der Waals surface area contributed by atoms with Crippen LogP contribution in [0.1, 0.15) is 0 Å². The molecule has 0 amide bonds. The van der Waals surface area contributed by atoms with Gasteiger partial charge in [-0.2, -0.15) is 0 Å². The van der Waals surface area contributed by atoms with E-state index in [-0.39, 0.29) is 0 Å². The van der Waals surface area contributed by atoms with Crippen molar-refractivity contribution in [1.82, 2.24) is 8.97 Å². The third kappa shape index (κ3) is 7.87. The lowest BCUT2D eigenvalue weighted by Gasteiger charge is -2.35. The van der Waals surface area contributed by atoms with Crippen LogP contribution in [-0.2, 0) is 0 Å². The van der Waals surface area contributed by atoms with Gasteiger partial charge in [-0.05, 0) is 121 Å². The van der Waals surface area contributed by atoms with Gasteiger partial charge >= 0.3 is 0 Å². The van der Waals surface area contributed by atoms with E-state index < -0.39 is 8.07 Å². The van der Waals surface area contributed by atoms with Crippen LogP contribution >= 0.6 is 0 Å². The second-order valence-electron chi connectivity index (χ2n) is 21.9. The first-order chi connectivity index (χ1) is 41.7. The number of pyridine rings is 1. The zero-order chi connectivity index (χ0) is 55.6. The summed E-state index contributed by atoms with van der Waals surface area (Å²) in [5, 5.41) is 12.8. The van der Waals surface area contributed by atoms with E-state index in [9.17, 15) is 0 Å². The molecule has 0 spiro atoms. The van der Waals surface area contributed by atoms with E-state index in [2.05, 4.69) is 348 Å². The minimum atomic E-state index is -2.78. The van der Waals surface area contributed by atoms with Crippen molar-refractivity contribution in [2.75, 3.05) is 4.90 Å². The third-order valence-electron chi connectivity index (χ3n) is 17.4. The fourth-order valence-corrected chi connectivity index (χ4v) is 18.5. The Labute approximate surface area is 489 Å². The number of anilines is 3. The maximum Gasteiger partial charge on any atom is 0.179 e. The largest absolute Gasteiger partial charge is 0.311 e. The number of benzene rings is 13. The molecule has 0 aliphatic rings. The predicted molar refractivity (Wildman–Crippen MR) is 359 cm³/mol. The van der Waals surface area contributed by atoms with Gasteiger partial charge in [-0.25, -0.2) is 0 Å². The minimum absolute atomic E-state index is 1.07. The normalized spacial score (nSPS) is 11.8. The molecule has 0 saturated heterocycles. The lowest BCUT2D eigenvalue weighted by molar-refractivity contribution is 1.18. The number of fused-ring (bicyclic) bond motifs is 11. The van der Waals surface area contributed by atoms with Crippen molar-refractivity contribution < 1.29 is 0 Å². The predicted octanol–water partition coefficient (Wildman–Crippen LogP) is 18.3. The summed E-state index contributed by atoms with van der Waals surface area (Å²) in [6.07, 6.45) is 0. The number of aromatic nitrogens is 2. The highest BCUT2D eigenvalue weighted by Crippen LogP contribution is 2.45. The van der Waals surface area contributed by atoms with E-state index in [1.807, 2.05) is 0 Å². The quantitative estimate of drug-likeness (QED) is 0.0714. The molecule has 16 rings (SSSR count). The molecule has 4 heteroatoms. The molecule has 3 heterocycles. The van der Waals surface area contributed by atoms with Crippen LogP contribution in [0.25, 0.3) is 99.0 Å². The molecule has 0 bridgehead atoms. The van der Waals surface area contributed by atoms with Gasteiger partial charge in [0.2, 0.25) is 0 Å². The third-order valence-corrected chi connectivity index (χ3v) is 22.2. The van der Waals surface area contributed by atoms with Crippen molar-refractivity contribution in [3.05, 3.63) is 334 Å². The first kappa shape index (κ1) is 49.1. The van der Waals surface area contributed by atoms with Crippen LogP contribution in [0.4, 0.5) is 17.1 Å². The van der Waals surface area contributed by atoms with Crippen molar-refractivity contribution in [2.24, 2.45) is 0 Å². The molecule has 3 aromatic heterocycles. The molecular formula is C80H55N3Si. The molecule has 13 aromatic carbocycles. The van der Waals surface area contributed by atoms with Gasteiger partial charge in [-0.15, -0.1) is 0 Å². The van der Waals surface area contributed by atoms with Gasteiger partial charge in [0, 0.05) is 60.8 Å². The number of hydrogen-bond acceptors (Lipinski definition) is 1. The Balaban J connectivity index is 0.858. The first-order valence-electron chi connectivity index (χ1n) is 29.0. The molecule has 0 fully saturated rings. The molecule has 0 N–H and O–H groups in total. The van der Waals surface area contributed by atoms with Crippen molar-refractivity contribution in [3.8, 4) is 39.1 Å². The molecule has 0 unspecified atom stereocenters. The zero-order valence-electron chi connectivity index (χ0n) is 46.1. The van der Waals surface area contributed by atoms with Crippen LogP contribution in [0.2, 0.25) is 0 Å². The maximum absolute atomic E-state index is 2.78. The van der Waals surface area contributed by atoms with Gasteiger partial charge in [-0.1, -0.05) is 261 Å². The summed E-state index contributed by atoms with van der Waals surface area (Å²) in [7, 11) is -2.78. The molecule has 84 heavy (non-hydrogen) atoms. The Bertz CT molecular complexity index is 4980. The van der Waals surface area contributed by atoms with Crippen LogP contribution in [0.15, 0.2) is 334 Å². The molecule has 0 atom stereocenters. The fourth-order valence-electron chi connectivity index (χ4n) is 13.8. The Morgan fingerprint density at radius 1 is 0.250 bits per heavy atom. The maximum atomic E-state index is 2.54. The second kappa shape index (κ2) is 20.3. The summed E-state index contributed by atoms with van der Waals surface area (Å²) >= 11 is 0. The van der Waals surface area contributed by atoms with Gasteiger partial charge in [0.05, 0.1) is 27.6 Å². The second-order valence-corrected chi connectivity index (χ2v) is 25.7. The lowest BCUT2D eigenvalue weighted by atomic mass is 9.96. The summed E-state index contributed by atoms with van der Waals surface area (Å²) in [5.41, 5.74) is 17.5.